The van der Waals surface area contributed by atoms with E-state index in [2.05, 4.69) is 36.4 Å². The molecular weight excluding hydrogens is 290 g/mol. The van der Waals surface area contributed by atoms with Crippen molar-refractivity contribution in [2.45, 2.75) is 13.8 Å². The molecule has 106 valence electrons. The van der Waals surface area contributed by atoms with E-state index in [0.29, 0.717) is 11.9 Å². The summed E-state index contributed by atoms with van der Waals surface area (Å²) in [4.78, 5) is 16.2. The second kappa shape index (κ2) is 5.45. The van der Waals surface area contributed by atoms with Crippen molar-refractivity contribution in [3.63, 3.8) is 0 Å². The molecule has 0 saturated heterocycles. The lowest BCUT2D eigenvalue weighted by molar-refractivity contribution is 0.796. The lowest BCUT2D eigenvalue weighted by Crippen LogP contribution is -2.07. The van der Waals surface area contributed by atoms with E-state index in [1.165, 1.54) is 22.9 Å². The summed E-state index contributed by atoms with van der Waals surface area (Å²) in [6.07, 6.45) is 2.89. The highest BCUT2D eigenvalue weighted by molar-refractivity contribution is 6.28. The van der Waals surface area contributed by atoms with E-state index in [0.717, 1.165) is 11.3 Å². The van der Waals surface area contributed by atoms with Gasteiger partial charge in [-0.1, -0.05) is 17.7 Å². The van der Waals surface area contributed by atoms with Crippen LogP contribution >= 0.6 is 11.6 Å². The zero-order chi connectivity index (χ0) is 14.8. The number of rotatable bonds is 3. The fourth-order valence-corrected chi connectivity index (χ4v) is 2.04. The molecule has 2 aromatic heterocycles. The van der Waals surface area contributed by atoms with Gasteiger partial charge in [0.15, 0.2) is 0 Å². The van der Waals surface area contributed by atoms with Crippen LogP contribution in [-0.2, 0) is 0 Å². The monoisotopic (exact) mass is 301 g/mol. The average molecular weight is 302 g/mol. The van der Waals surface area contributed by atoms with E-state index in [9.17, 15) is 0 Å². The molecule has 0 amide bonds. The van der Waals surface area contributed by atoms with Crippen LogP contribution in [0.2, 0.25) is 5.28 Å². The Bertz CT molecular complexity index is 770. The fourth-order valence-electron chi connectivity index (χ4n) is 1.88. The number of hydrogen-bond acceptors (Lipinski definition) is 6. The topological polar surface area (TPSA) is 81.4 Å². The van der Waals surface area contributed by atoms with Crippen molar-refractivity contribution in [1.82, 2.24) is 29.7 Å². The van der Waals surface area contributed by atoms with Gasteiger partial charge in [-0.25, -0.2) is 4.98 Å². The Labute approximate surface area is 126 Å². The van der Waals surface area contributed by atoms with Gasteiger partial charge in [0.05, 0.1) is 0 Å². The molecule has 8 heteroatoms. The van der Waals surface area contributed by atoms with Crippen molar-refractivity contribution in [2.24, 2.45) is 0 Å². The molecule has 3 rings (SSSR count). The first-order valence-electron chi connectivity index (χ1n) is 6.23. The highest BCUT2D eigenvalue weighted by Gasteiger charge is 2.08. The van der Waals surface area contributed by atoms with Crippen molar-refractivity contribution in [1.29, 1.82) is 0 Å². The molecule has 0 fully saturated rings. The Morgan fingerprint density at radius 3 is 2.71 bits per heavy atom. The molecule has 0 aliphatic rings. The van der Waals surface area contributed by atoms with Crippen LogP contribution in [0.15, 0.2) is 30.9 Å². The minimum atomic E-state index is 0.0859. The molecule has 0 atom stereocenters. The van der Waals surface area contributed by atoms with Gasteiger partial charge in [0.2, 0.25) is 11.2 Å². The zero-order valence-electron chi connectivity index (χ0n) is 11.4. The largest absolute Gasteiger partial charge is 0.324 e. The van der Waals surface area contributed by atoms with Crippen molar-refractivity contribution >= 4 is 23.2 Å². The summed E-state index contributed by atoms with van der Waals surface area (Å²) in [6.45, 7) is 4.05. The van der Waals surface area contributed by atoms with Crippen LogP contribution in [-0.4, -0.2) is 29.7 Å². The van der Waals surface area contributed by atoms with Crippen LogP contribution in [0.25, 0.3) is 5.95 Å². The van der Waals surface area contributed by atoms with Gasteiger partial charge in [0, 0.05) is 5.69 Å². The molecule has 2 heterocycles. The highest BCUT2D eigenvalue weighted by atomic mass is 35.5. The SMILES string of the molecule is Cc1ccc(Nc2nc(Cl)nc(-n3cncn3)n2)c(C)c1. The third kappa shape index (κ3) is 2.97. The summed E-state index contributed by atoms with van der Waals surface area (Å²) >= 11 is 5.93. The molecule has 0 saturated carbocycles. The van der Waals surface area contributed by atoms with Crippen molar-refractivity contribution in [3.05, 3.63) is 47.3 Å². The van der Waals surface area contributed by atoms with Gasteiger partial charge in [-0.05, 0) is 37.1 Å². The molecule has 7 nitrogen and oxygen atoms in total. The minimum Gasteiger partial charge on any atom is -0.324 e. The summed E-state index contributed by atoms with van der Waals surface area (Å²) in [5.74, 6) is 0.659. The normalized spacial score (nSPS) is 10.6. The third-order valence-corrected chi connectivity index (χ3v) is 3.02. The standard InChI is InChI=1S/C13H12ClN7/c1-8-3-4-10(9(2)5-8)17-12-18-11(14)19-13(20-12)21-7-15-6-16-21/h3-7H,1-2H3,(H,17,18,19,20). The number of nitrogens with zero attached hydrogens (tertiary/aromatic N) is 6. The van der Waals surface area contributed by atoms with E-state index in [1.54, 1.807) is 0 Å². The summed E-state index contributed by atoms with van der Waals surface area (Å²) in [5.41, 5.74) is 3.19. The van der Waals surface area contributed by atoms with Gasteiger partial charge < -0.3 is 5.32 Å². The number of benzene rings is 1. The number of hydrogen-bond donors (Lipinski definition) is 1. The maximum absolute atomic E-state index is 5.93. The number of halogens is 1. The van der Waals surface area contributed by atoms with Crippen LogP contribution in [0.3, 0.4) is 0 Å². The molecule has 21 heavy (non-hydrogen) atoms. The van der Waals surface area contributed by atoms with Crippen LogP contribution in [0, 0.1) is 13.8 Å². The van der Waals surface area contributed by atoms with Crippen LogP contribution < -0.4 is 5.32 Å². The Morgan fingerprint density at radius 1 is 1.14 bits per heavy atom. The van der Waals surface area contributed by atoms with Crippen LogP contribution in [0.5, 0.6) is 0 Å². The van der Waals surface area contributed by atoms with Gasteiger partial charge in [-0.2, -0.15) is 24.7 Å². The fraction of sp³-hybridized carbons (Fsp3) is 0.154. The van der Waals surface area contributed by atoms with E-state index in [1.807, 2.05) is 26.0 Å². The minimum absolute atomic E-state index is 0.0859. The van der Waals surface area contributed by atoms with E-state index < -0.39 is 0 Å². The molecule has 0 spiro atoms. The van der Waals surface area contributed by atoms with Gasteiger partial charge in [0.1, 0.15) is 12.7 Å². The molecule has 0 bridgehead atoms. The summed E-state index contributed by atoms with van der Waals surface area (Å²) in [7, 11) is 0. The van der Waals surface area contributed by atoms with Gasteiger partial charge >= 0.3 is 0 Å². The second-order valence-corrected chi connectivity index (χ2v) is 4.85. The molecular formula is C13H12ClN7. The molecule has 0 aliphatic carbocycles. The Kier molecular flexibility index (Phi) is 3.49. The van der Waals surface area contributed by atoms with E-state index in [4.69, 9.17) is 11.6 Å². The number of anilines is 2. The zero-order valence-corrected chi connectivity index (χ0v) is 12.2. The highest BCUT2D eigenvalue weighted by Crippen LogP contribution is 2.20. The number of aromatic nitrogens is 6. The maximum Gasteiger partial charge on any atom is 0.258 e. The Balaban J connectivity index is 1.95. The van der Waals surface area contributed by atoms with Crippen LogP contribution in [0.1, 0.15) is 11.1 Å². The third-order valence-electron chi connectivity index (χ3n) is 2.85. The van der Waals surface area contributed by atoms with Gasteiger partial charge in [-0.3, -0.25) is 0 Å². The molecule has 3 aromatic rings. The predicted molar refractivity (Wildman–Crippen MR) is 79.0 cm³/mol. The van der Waals surface area contributed by atoms with Gasteiger partial charge in [0.25, 0.3) is 5.95 Å². The van der Waals surface area contributed by atoms with E-state index in [-0.39, 0.29) is 5.28 Å². The molecule has 1 aromatic carbocycles. The number of nitrogens with one attached hydrogen (secondary N) is 1. The Morgan fingerprint density at radius 2 is 2.00 bits per heavy atom. The summed E-state index contributed by atoms with van der Waals surface area (Å²) in [6, 6.07) is 6.05. The first-order chi connectivity index (χ1) is 10.1. The summed E-state index contributed by atoms with van der Waals surface area (Å²) < 4.78 is 1.42. The Hall–Kier alpha value is -2.54. The lowest BCUT2D eigenvalue weighted by atomic mass is 10.1. The van der Waals surface area contributed by atoms with Crippen molar-refractivity contribution < 1.29 is 0 Å². The lowest BCUT2D eigenvalue weighted by Gasteiger charge is -2.09. The first-order valence-corrected chi connectivity index (χ1v) is 6.60. The van der Waals surface area contributed by atoms with Crippen molar-refractivity contribution in [3.8, 4) is 5.95 Å². The smallest absolute Gasteiger partial charge is 0.258 e. The van der Waals surface area contributed by atoms with E-state index >= 15 is 0 Å². The average Bonchev–Trinajstić information content (AvgIpc) is 2.95. The maximum atomic E-state index is 5.93. The van der Waals surface area contributed by atoms with Gasteiger partial charge in [-0.15, -0.1) is 0 Å². The molecule has 1 N–H and O–H groups in total. The molecule has 0 unspecified atom stereocenters. The molecule has 0 radical (unpaired) electrons. The number of aryl methyl sites for hydroxylation is 2. The molecule has 0 aliphatic heterocycles. The quantitative estimate of drug-likeness (QED) is 0.800. The van der Waals surface area contributed by atoms with Crippen LogP contribution in [0.4, 0.5) is 11.6 Å². The second-order valence-electron chi connectivity index (χ2n) is 4.51. The predicted octanol–water partition coefficient (Wildman–Crippen LogP) is 2.47. The van der Waals surface area contributed by atoms with Crippen molar-refractivity contribution in [2.75, 3.05) is 5.32 Å². The summed E-state index contributed by atoms with van der Waals surface area (Å²) in [5, 5.41) is 7.19. The first kappa shape index (κ1) is 13.4.